The van der Waals surface area contributed by atoms with Gasteiger partial charge >= 0.3 is 17.5 Å². The van der Waals surface area contributed by atoms with Crippen LogP contribution in [0.15, 0.2) is 33.5 Å². The van der Waals surface area contributed by atoms with E-state index in [0.29, 0.717) is 5.39 Å². The number of hydrogen-bond acceptors (Lipinski definition) is 6. The molecule has 7 nitrogen and oxygen atoms in total. The molecule has 2 aromatic rings. The molecule has 0 unspecified atom stereocenters. The fourth-order valence-corrected chi connectivity index (χ4v) is 1.50. The van der Waals surface area contributed by atoms with Crippen LogP contribution in [0.5, 0.6) is 5.75 Å². The molecular weight excluding hydrogens is 254 g/mol. The molecule has 19 heavy (non-hydrogen) atoms. The minimum absolute atomic E-state index is 0.0904. The second kappa shape index (κ2) is 4.81. The Kier molecular flexibility index (Phi) is 3.19. The maximum absolute atomic E-state index is 11.3. The van der Waals surface area contributed by atoms with Gasteiger partial charge in [0.05, 0.1) is 18.6 Å². The third-order valence-electron chi connectivity index (χ3n) is 2.35. The molecule has 0 atom stereocenters. The predicted molar refractivity (Wildman–Crippen MR) is 64.8 cm³/mol. The lowest BCUT2D eigenvalue weighted by Crippen LogP contribution is -2.23. The molecule has 0 radical (unpaired) electrons. The molecule has 0 aliphatic rings. The van der Waals surface area contributed by atoms with E-state index in [2.05, 4.69) is 10.1 Å². The number of aromatic hydroxyl groups is 1. The van der Waals surface area contributed by atoms with Crippen LogP contribution in [0.2, 0.25) is 0 Å². The summed E-state index contributed by atoms with van der Waals surface area (Å²) in [6, 6.07) is 5.15. The van der Waals surface area contributed by atoms with Crippen LogP contribution in [0.25, 0.3) is 11.0 Å². The summed E-state index contributed by atoms with van der Waals surface area (Å²) in [4.78, 5) is 33.3. The Labute approximate surface area is 106 Å². The minimum atomic E-state index is -1.04. The normalized spacial score (nSPS) is 10.2. The Morgan fingerprint density at radius 3 is 2.74 bits per heavy atom. The Balaban J connectivity index is 2.39. The first kappa shape index (κ1) is 12.6. The van der Waals surface area contributed by atoms with E-state index in [0.717, 1.165) is 13.2 Å². The van der Waals surface area contributed by atoms with Crippen molar-refractivity contribution in [2.45, 2.75) is 0 Å². The van der Waals surface area contributed by atoms with Crippen molar-refractivity contribution in [3.63, 3.8) is 0 Å². The highest BCUT2D eigenvalue weighted by molar-refractivity contribution is 6.37. The van der Waals surface area contributed by atoms with E-state index in [1.54, 1.807) is 0 Å². The van der Waals surface area contributed by atoms with Gasteiger partial charge in [0.25, 0.3) is 0 Å². The first-order valence-corrected chi connectivity index (χ1v) is 5.17. The number of nitrogens with one attached hydrogen (secondary N) is 1. The van der Waals surface area contributed by atoms with Crippen molar-refractivity contribution in [2.24, 2.45) is 0 Å². The number of fused-ring (bicyclic) bond motifs is 1. The maximum atomic E-state index is 11.3. The molecule has 7 heteroatoms. The van der Waals surface area contributed by atoms with Gasteiger partial charge in [-0.05, 0) is 12.1 Å². The van der Waals surface area contributed by atoms with Gasteiger partial charge in [-0.15, -0.1) is 0 Å². The fourth-order valence-electron chi connectivity index (χ4n) is 1.50. The van der Waals surface area contributed by atoms with E-state index < -0.39 is 17.5 Å². The number of esters is 1. The van der Waals surface area contributed by atoms with Gasteiger partial charge < -0.3 is 19.6 Å². The van der Waals surface area contributed by atoms with Crippen LogP contribution < -0.4 is 10.9 Å². The average molecular weight is 263 g/mol. The first-order valence-electron chi connectivity index (χ1n) is 5.17. The van der Waals surface area contributed by atoms with Gasteiger partial charge in [-0.25, -0.2) is 9.59 Å². The second-order valence-corrected chi connectivity index (χ2v) is 3.61. The van der Waals surface area contributed by atoms with E-state index >= 15 is 0 Å². The lowest BCUT2D eigenvalue weighted by molar-refractivity contribution is -0.150. The van der Waals surface area contributed by atoms with E-state index in [-0.39, 0.29) is 17.0 Å². The van der Waals surface area contributed by atoms with Crippen LogP contribution in [0.3, 0.4) is 0 Å². The van der Waals surface area contributed by atoms with Crippen LogP contribution >= 0.6 is 0 Å². The molecule has 0 saturated carbocycles. The molecule has 98 valence electrons. The van der Waals surface area contributed by atoms with Crippen molar-refractivity contribution in [2.75, 3.05) is 12.4 Å². The smallest absolute Gasteiger partial charge is 0.396 e. The van der Waals surface area contributed by atoms with Gasteiger partial charge in [-0.3, -0.25) is 4.79 Å². The lowest BCUT2D eigenvalue weighted by atomic mass is 10.2. The molecule has 1 heterocycles. The van der Waals surface area contributed by atoms with E-state index in [1.165, 1.54) is 18.2 Å². The summed E-state index contributed by atoms with van der Waals surface area (Å²) in [5.41, 5.74) is -0.397. The number of benzene rings is 1. The van der Waals surface area contributed by atoms with E-state index in [4.69, 9.17) is 4.42 Å². The Hall–Kier alpha value is -2.83. The van der Waals surface area contributed by atoms with Gasteiger partial charge in [0.15, 0.2) is 0 Å². The van der Waals surface area contributed by atoms with Crippen LogP contribution in [0.1, 0.15) is 0 Å². The zero-order chi connectivity index (χ0) is 14.0. The molecule has 0 fully saturated rings. The van der Waals surface area contributed by atoms with E-state index in [9.17, 15) is 19.5 Å². The van der Waals surface area contributed by atoms with Gasteiger partial charge in [0.2, 0.25) is 0 Å². The molecular formula is C12H9NO6. The molecule has 0 saturated heterocycles. The number of anilines is 1. The first-order chi connectivity index (χ1) is 9.01. The number of amides is 1. The zero-order valence-corrected chi connectivity index (χ0v) is 9.80. The number of carbonyl (C=O) groups excluding carboxylic acids is 2. The van der Waals surface area contributed by atoms with E-state index in [1.807, 2.05) is 0 Å². The minimum Gasteiger partial charge on any atom is -0.507 e. The van der Waals surface area contributed by atoms with Crippen molar-refractivity contribution in [1.82, 2.24) is 0 Å². The van der Waals surface area contributed by atoms with Crippen LogP contribution in [-0.4, -0.2) is 24.1 Å². The topological polar surface area (TPSA) is 106 Å². The van der Waals surface area contributed by atoms with Crippen molar-refractivity contribution in [1.29, 1.82) is 0 Å². The number of carbonyl (C=O) groups is 2. The summed E-state index contributed by atoms with van der Waals surface area (Å²) < 4.78 is 9.11. The number of rotatable bonds is 1. The van der Waals surface area contributed by atoms with Gasteiger partial charge in [0.1, 0.15) is 11.3 Å². The monoisotopic (exact) mass is 263 g/mol. The van der Waals surface area contributed by atoms with Crippen molar-refractivity contribution >= 4 is 28.5 Å². The predicted octanol–water partition coefficient (Wildman–Crippen LogP) is 0.610. The van der Waals surface area contributed by atoms with Crippen molar-refractivity contribution in [3.8, 4) is 5.75 Å². The SMILES string of the molecule is COC(=O)C(=O)Nc1ccc2c(O)cc(=O)oc2c1. The average Bonchev–Trinajstić information content (AvgIpc) is 2.36. The van der Waals surface area contributed by atoms with Crippen LogP contribution in [0, 0.1) is 0 Å². The van der Waals surface area contributed by atoms with Gasteiger partial charge in [-0.2, -0.15) is 0 Å². The summed E-state index contributed by atoms with van der Waals surface area (Å²) in [6.07, 6.45) is 0. The third kappa shape index (κ3) is 2.54. The van der Waals surface area contributed by atoms with Crippen LogP contribution in [-0.2, 0) is 14.3 Å². The highest BCUT2D eigenvalue weighted by Crippen LogP contribution is 2.25. The molecule has 1 aromatic carbocycles. The third-order valence-corrected chi connectivity index (χ3v) is 2.35. The molecule has 2 rings (SSSR count). The van der Waals surface area contributed by atoms with Crippen molar-refractivity contribution < 1.29 is 23.8 Å². The Morgan fingerprint density at radius 2 is 2.05 bits per heavy atom. The molecule has 1 aromatic heterocycles. The fraction of sp³-hybridized carbons (Fsp3) is 0.0833. The summed E-state index contributed by atoms with van der Waals surface area (Å²) in [5, 5.41) is 12.1. The van der Waals surface area contributed by atoms with Crippen LogP contribution in [0.4, 0.5) is 5.69 Å². The second-order valence-electron chi connectivity index (χ2n) is 3.61. The van der Waals surface area contributed by atoms with Crippen molar-refractivity contribution in [3.05, 3.63) is 34.7 Å². The molecule has 0 aliphatic carbocycles. The molecule has 0 aliphatic heterocycles. The largest absolute Gasteiger partial charge is 0.507 e. The zero-order valence-electron chi connectivity index (χ0n) is 9.80. The summed E-state index contributed by atoms with van der Waals surface area (Å²) in [6.45, 7) is 0. The maximum Gasteiger partial charge on any atom is 0.396 e. The Bertz CT molecular complexity index is 718. The number of methoxy groups -OCH3 is 1. The molecule has 1 amide bonds. The Morgan fingerprint density at radius 1 is 1.32 bits per heavy atom. The quantitative estimate of drug-likeness (QED) is 0.443. The number of ether oxygens (including phenoxy) is 1. The standard InChI is InChI=1S/C12H9NO6/c1-18-12(17)11(16)13-6-2-3-7-8(14)5-10(15)19-9(7)4-6/h2-5,14H,1H3,(H,13,16). The molecule has 0 spiro atoms. The summed E-state index contributed by atoms with van der Waals surface area (Å²) in [5.74, 6) is -2.22. The molecule has 2 N–H and O–H groups in total. The highest BCUT2D eigenvalue weighted by atomic mass is 16.5. The van der Waals surface area contributed by atoms with Gasteiger partial charge in [-0.1, -0.05) is 0 Å². The number of hydrogen-bond donors (Lipinski definition) is 2. The highest BCUT2D eigenvalue weighted by Gasteiger charge is 2.14. The van der Waals surface area contributed by atoms with Gasteiger partial charge in [0, 0.05) is 11.8 Å². The summed E-state index contributed by atoms with van der Waals surface area (Å²) in [7, 11) is 1.08. The molecule has 0 bridgehead atoms. The summed E-state index contributed by atoms with van der Waals surface area (Å²) >= 11 is 0. The lowest BCUT2D eigenvalue weighted by Gasteiger charge is -2.05.